The summed E-state index contributed by atoms with van der Waals surface area (Å²) in [6.45, 7) is 6.52. The summed E-state index contributed by atoms with van der Waals surface area (Å²) in [5.41, 5.74) is 0. The Morgan fingerprint density at radius 2 is 2.64 bits per heavy atom. The molecule has 0 radical (unpaired) electrons. The van der Waals surface area contributed by atoms with Crippen LogP contribution in [0.3, 0.4) is 0 Å². The fourth-order valence-electron chi connectivity index (χ4n) is 1.76. The zero-order valence-corrected chi connectivity index (χ0v) is 8.44. The fraction of sp³-hybridized carbons (Fsp3) is 0.778. The van der Waals surface area contributed by atoms with Gasteiger partial charge in [-0.15, -0.1) is 0 Å². The Balaban J connectivity index is 1.79. The van der Waals surface area contributed by atoms with E-state index in [-0.39, 0.29) is 0 Å². The molecule has 14 heavy (non-hydrogen) atoms. The zero-order chi connectivity index (χ0) is 9.80. The van der Waals surface area contributed by atoms with Crippen molar-refractivity contribution in [3.8, 4) is 0 Å². The Bertz CT molecular complexity index is 262. The minimum Gasteiger partial charge on any atom is -0.343 e. The van der Waals surface area contributed by atoms with E-state index in [1.807, 2.05) is 0 Å². The number of aromatic nitrogens is 2. The second-order valence-electron chi connectivity index (χ2n) is 3.69. The van der Waals surface area contributed by atoms with Crippen molar-refractivity contribution in [1.29, 1.82) is 0 Å². The van der Waals surface area contributed by atoms with Gasteiger partial charge in [0.25, 0.3) is 0 Å². The third-order valence-electron chi connectivity index (χ3n) is 2.67. The van der Waals surface area contributed by atoms with E-state index in [2.05, 4.69) is 31.8 Å². The maximum atomic E-state index is 4.69. The third kappa shape index (κ3) is 2.30. The Morgan fingerprint density at radius 1 is 1.71 bits per heavy atom. The number of rotatable bonds is 3. The molecule has 1 atom stereocenters. The summed E-state index contributed by atoms with van der Waals surface area (Å²) in [6, 6.07) is 0.607. The highest BCUT2D eigenvalue weighted by atomic mass is 16.5. The zero-order valence-electron chi connectivity index (χ0n) is 8.44. The second-order valence-corrected chi connectivity index (χ2v) is 3.69. The van der Waals surface area contributed by atoms with E-state index in [0.29, 0.717) is 6.04 Å². The molecule has 0 saturated carbocycles. The highest BCUT2D eigenvalue weighted by Crippen LogP contribution is 2.03. The first-order valence-corrected chi connectivity index (χ1v) is 5.06. The third-order valence-corrected chi connectivity index (χ3v) is 2.67. The van der Waals surface area contributed by atoms with Crippen molar-refractivity contribution in [1.82, 2.24) is 20.4 Å². The van der Waals surface area contributed by atoms with Crippen LogP contribution in [0.4, 0.5) is 0 Å². The van der Waals surface area contributed by atoms with Crippen LogP contribution in [0.25, 0.3) is 0 Å². The van der Waals surface area contributed by atoms with Gasteiger partial charge in [-0.2, -0.15) is 4.98 Å². The highest BCUT2D eigenvalue weighted by molar-refractivity contribution is 4.83. The summed E-state index contributed by atoms with van der Waals surface area (Å²) < 4.78 is 4.69. The van der Waals surface area contributed by atoms with Gasteiger partial charge in [-0.1, -0.05) is 5.16 Å². The number of nitrogens with one attached hydrogen (secondary N) is 1. The molecule has 0 aliphatic carbocycles. The molecular formula is C9H16N4O. The molecule has 1 aromatic rings. The average molecular weight is 196 g/mol. The van der Waals surface area contributed by atoms with E-state index >= 15 is 0 Å². The molecule has 0 amide bonds. The number of hydrogen-bond donors (Lipinski definition) is 1. The minimum absolute atomic E-state index is 0.607. The lowest BCUT2D eigenvalue weighted by Crippen LogP contribution is -2.50. The van der Waals surface area contributed by atoms with Gasteiger partial charge in [-0.25, -0.2) is 0 Å². The molecular weight excluding hydrogens is 180 g/mol. The monoisotopic (exact) mass is 196 g/mol. The lowest BCUT2D eigenvalue weighted by molar-refractivity contribution is 0.174. The van der Waals surface area contributed by atoms with Gasteiger partial charge in [0.05, 0.1) is 0 Å². The molecule has 0 spiro atoms. The maximum absolute atomic E-state index is 4.69. The van der Waals surface area contributed by atoms with Gasteiger partial charge in [-0.05, 0) is 6.92 Å². The second kappa shape index (κ2) is 4.52. The Kier molecular flexibility index (Phi) is 3.10. The molecule has 2 heterocycles. The molecule has 5 heteroatoms. The summed E-state index contributed by atoms with van der Waals surface area (Å²) in [7, 11) is 0. The van der Waals surface area contributed by atoms with E-state index in [1.54, 1.807) is 0 Å². The van der Waals surface area contributed by atoms with Crippen LogP contribution in [0.2, 0.25) is 0 Å². The topological polar surface area (TPSA) is 54.2 Å². The van der Waals surface area contributed by atoms with Crippen LogP contribution in [-0.2, 0) is 6.42 Å². The molecule has 78 valence electrons. The molecule has 1 aromatic heterocycles. The van der Waals surface area contributed by atoms with Gasteiger partial charge >= 0.3 is 0 Å². The molecule has 1 unspecified atom stereocenters. The van der Waals surface area contributed by atoms with Crippen LogP contribution in [0.15, 0.2) is 10.9 Å². The van der Waals surface area contributed by atoms with Crippen molar-refractivity contribution in [3.63, 3.8) is 0 Å². The van der Waals surface area contributed by atoms with Gasteiger partial charge < -0.3 is 9.84 Å². The SMILES string of the molecule is CC1CNCCN1CCc1ncon1. The molecule has 0 aromatic carbocycles. The average Bonchev–Trinajstić information content (AvgIpc) is 2.69. The van der Waals surface area contributed by atoms with E-state index in [1.165, 1.54) is 6.39 Å². The van der Waals surface area contributed by atoms with E-state index < -0.39 is 0 Å². The first kappa shape index (κ1) is 9.61. The standard InChI is InChI=1S/C9H16N4O/c1-8-6-10-3-5-13(8)4-2-9-11-7-14-12-9/h7-8,10H,2-6H2,1H3. The van der Waals surface area contributed by atoms with Crippen LogP contribution in [0.5, 0.6) is 0 Å². The molecule has 1 saturated heterocycles. The number of nitrogens with zero attached hydrogens (tertiary/aromatic N) is 3. The van der Waals surface area contributed by atoms with Crippen LogP contribution in [0.1, 0.15) is 12.7 Å². The van der Waals surface area contributed by atoms with Crippen molar-refractivity contribution in [3.05, 3.63) is 12.2 Å². The Morgan fingerprint density at radius 3 is 3.36 bits per heavy atom. The number of piperazine rings is 1. The quantitative estimate of drug-likeness (QED) is 0.732. The molecule has 5 nitrogen and oxygen atoms in total. The highest BCUT2D eigenvalue weighted by Gasteiger charge is 2.17. The van der Waals surface area contributed by atoms with Crippen molar-refractivity contribution < 1.29 is 4.52 Å². The van der Waals surface area contributed by atoms with Gasteiger partial charge in [0.1, 0.15) is 0 Å². The number of hydrogen-bond acceptors (Lipinski definition) is 5. The lowest BCUT2D eigenvalue weighted by atomic mass is 10.2. The summed E-state index contributed by atoms with van der Waals surface area (Å²) >= 11 is 0. The maximum Gasteiger partial charge on any atom is 0.213 e. The minimum atomic E-state index is 0.607. The molecule has 1 aliphatic heterocycles. The molecule has 2 rings (SSSR count). The van der Waals surface area contributed by atoms with E-state index in [0.717, 1.165) is 38.4 Å². The van der Waals surface area contributed by atoms with Crippen LogP contribution >= 0.6 is 0 Å². The molecule has 1 N–H and O–H groups in total. The van der Waals surface area contributed by atoms with Gasteiger partial charge in [0.15, 0.2) is 5.82 Å². The Hall–Kier alpha value is -0.940. The van der Waals surface area contributed by atoms with E-state index in [4.69, 9.17) is 0 Å². The van der Waals surface area contributed by atoms with Gasteiger partial charge in [-0.3, -0.25) is 4.90 Å². The normalized spacial score (nSPS) is 23.9. The molecule has 1 fully saturated rings. The predicted octanol–water partition coefficient (Wildman–Crippen LogP) is -0.0942. The van der Waals surface area contributed by atoms with Crippen molar-refractivity contribution >= 4 is 0 Å². The van der Waals surface area contributed by atoms with Crippen LogP contribution in [-0.4, -0.2) is 47.3 Å². The Labute approximate surface area is 83.5 Å². The first-order valence-electron chi connectivity index (χ1n) is 5.06. The van der Waals surface area contributed by atoms with Crippen LogP contribution in [0, 0.1) is 0 Å². The first-order chi connectivity index (χ1) is 6.86. The van der Waals surface area contributed by atoms with Crippen molar-refractivity contribution in [2.45, 2.75) is 19.4 Å². The lowest BCUT2D eigenvalue weighted by Gasteiger charge is -2.33. The summed E-state index contributed by atoms with van der Waals surface area (Å²) in [5, 5.41) is 7.16. The summed E-state index contributed by atoms with van der Waals surface area (Å²) in [4.78, 5) is 6.46. The van der Waals surface area contributed by atoms with E-state index in [9.17, 15) is 0 Å². The smallest absolute Gasteiger partial charge is 0.213 e. The largest absolute Gasteiger partial charge is 0.343 e. The fourth-order valence-corrected chi connectivity index (χ4v) is 1.76. The summed E-state index contributed by atoms with van der Waals surface area (Å²) in [5.74, 6) is 0.802. The predicted molar refractivity (Wildman–Crippen MR) is 51.9 cm³/mol. The summed E-state index contributed by atoms with van der Waals surface area (Å²) in [6.07, 6.45) is 2.26. The van der Waals surface area contributed by atoms with Crippen LogP contribution < -0.4 is 5.32 Å². The molecule has 1 aliphatic rings. The van der Waals surface area contributed by atoms with Gasteiger partial charge in [0, 0.05) is 38.6 Å². The van der Waals surface area contributed by atoms with Gasteiger partial charge in [0.2, 0.25) is 6.39 Å². The van der Waals surface area contributed by atoms with Crippen molar-refractivity contribution in [2.24, 2.45) is 0 Å². The van der Waals surface area contributed by atoms with Crippen molar-refractivity contribution in [2.75, 3.05) is 26.2 Å². The molecule has 0 bridgehead atoms.